The summed E-state index contributed by atoms with van der Waals surface area (Å²) in [5.41, 5.74) is 18.9. The van der Waals surface area contributed by atoms with E-state index >= 15 is 0 Å². The normalized spacial score (nSPS) is 26.4. The van der Waals surface area contributed by atoms with Crippen molar-refractivity contribution < 1.29 is 0 Å². The van der Waals surface area contributed by atoms with E-state index in [1.807, 2.05) is 0 Å². The van der Waals surface area contributed by atoms with Crippen molar-refractivity contribution in [2.75, 3.05) is 4.90 Å². The summed E-state index contributed by atoms with van der Waals surface area (Å²) in [7, 11) is 0. The van der Waals surface area contributed by atoms with Gasteiger partial charge in [-0.25, -0.2) is 0 Å². The molecule has 254 valence electrons. The highest BCUT2D eigenvalue weighted by molar-refractivity contribution is 5.93. The Morgan fingerprint density at radius 2 is 1.02 bits per heavy atom. The summed E-state index contributed by atoms with van der Waals surface area (Å²) in [6.07, 6.45) is 12.1. The van der Waals surface area contributed by atoms with Gasteiger partial charge in [0.05, 0.1) is 5.69 Å². The third kappa shape index (κ3) is 3.85. The molecule has 7 aliphatic rings. The number of anilines is 3. The van der Waals surface area contributed by atoms with Gasteiger partial charge in [-0.2, -0.15) is 0 Å². The summed E-state index contributed by atoms with van der Waals surface area (Å²) >= 11 is 0. The van der Waals surface area contributed by atoms with Crippen molar-refractivity contribution >= 4 is 17.1 Å². The number of fused-ring (bicyclic) bond motifs is 8. The van der Waals surface area contributed by atoms with E-state index in [9.17, 15) is 0 Å². The lowest BCUT2D eigenvalue weighted by molar-refractivity contribution is -0.0397. The van der Waals surface area contributed by atoms with Gasteiger partial charge in [-0.1, -0.05) is 122 Å². The van der Waals surface area contributed by atoms with Gasteiger partial charge in [-0.05, 0) is 155 Å². The third-order valence-electron chi connectivity index (χ3n) is 15.0. The predicted molar refractivity (Wildman–Crippen MR) is 215 cm³/mol. The SMILES string of the molecule is c1ccc(-c2ccc(N(c3ccc4c(c3)C3(CCCC3)c3ccccc3-4)c3cccc4c3C3(c5ccccc5-4)C4CC5CC(C4)CC3C5)cc2)cc1. The molecule has 13 rings (SSSR count). The highest BCUT2D eigenvalue weighted by Crippen LogP contribution is 2.71. The van der Waals surface area contributed by atoms with Gasteiger partial charge in [0.25, 0.3) is 0 Å². The van der Waals surface area contributed by atoms with Crippen molar-refractivity contribution in [2.24, 2.45) is 23.7 Å². The minimum absolute atomic E-state index is 0.0812. The summed E-state index contributed by atoms with van der Waals surface area (Å²) in [5, 5.41) is 0. The molecule has 0 heterocycles. The Morgan fingerprint density at radius 3 is 1.75 bits per heavy atom. The van der Waals surface area contributed by atoms with E-state index in [4.69, 9.17) is 0 Å². The molecular formula is C51H45N. The molecule has 1 nitrogen and oxygen atoms in total. The molecule has 7 aliphatic carbocycles. The van der Waals surface area contributed by atoms with Crippen LogP contribution in [0.1, 0.15) is 80.0 Å². The van der Waals surface area contributed by atoms with Crippen LogP contribution in [0.25, 0.3) is 33.4 Å². The first-order valence-corrected chi connectivity index (χ1v) is 20.2. The van der Waals surface area contributed by atoms with Crippen LogP contribution in [-0.2, 0) is 10.8 Å². The minimum Gasteiger partial charge on any atom is -0.310 e. The lowest BCUT2D eigenvalue weighted by atomic mass is 9.43. The zero-order valence-electron chi connectivity index (χ0n) is 29.9. The summed E-state index contributed by atoms with van der Waals surface area (Å²) in [6.45, 7) is 0. The molecule has 1 heteroatoms. The molecule has 5 fully saturated rings. The largest absolute Gasteiger partial charge is 0.310 e. The fraction of sp³-hybridized carbons (Fsp3) is 0.294. The molecular weight excluding hydrogens is 627 g/mol. The topological polar surface area (TPSA) is 3.24 Å². The smallest absolute Gasteiger partial charge is 0.0509 e. The summed E-state index contributed by atoms with van der Waals surface area (Å²) in [6, 6.07) is 54.0. The van der Waals surface area contributed by atoms with Gasteiger partial charge in [-0.3, -0.25) is 0 Å². The number of benzene rings is 6. The molecule has 0 N–H and O–H groups in total. The first-order chi connectivity index (χ1) is 25.7. The van der Waals surface area contributed by atoms with Crippen LogP contribution < -0.4 is 4.90 Å². The molecule has 0 amide bonds. The lowest BCUT2D eigenvalue weighted by Gasteiger charge is -2.61. The highest BCUT2D eigenvalue weighted by atomic mass is 15.1. The molecule has 0 unspecified atom stereocenters. The molecule has 5 saturated carbocycles. The number of hydrogen-bond acceptors (Lipinski definition) is 1. The van der Waals surface area contributed by atoms with E-state index < -0.39 is 0 Å². The van der Waals surface area contributed by atoms with Crippen LogP contribution in [0.5, 0.6) is 0 Å². The van der Waals surface area contributed by atoms with Gasteiger partial charge in [0.15, 0.2) is 0 Å². The first-order valence-electron chi connectivity index (χ1n) is 20.2. The Hall–Kier alpha value is -4.88. The second kappa shape index (κ2) is 10.8. The van der Waals surface area contributed by atoms with Gasteiger partial charge in [-0.15, -0.1) is 0 Å². The molecule has 52 heavy (non-hydrogen) atoms. The van der Waals surface area contributed by atoms with Gasteiger partial charge in [0, 0.05) is 22.2 Å². The number of nitrogens with zero attached hydrogens (tertiary/aromatic N) is 1. The summed E-state index contributed by atoms with van der Waals surface area (Å²) in [5.74, 6) is 3.26. The van der Waals surface area contributed by atoms with Crippen molar-refractivity contribution in [3.63, 3.8) is 0 Å². The van der Waals surface area contributed by atoms with Crippen molar-refractivity contribution in [3.05, 3.63) is 162 Å². The van der Waals surface area contributed by atoms with Crippen LogP contribution in [0.4, 0.5) is 17.1 Å². The maximum Gasteiger partial charge on any atom is 0.0509 e. The van der Waals surface area contributed by atoms with Gasteiger partial charge in [0.2, 0.25) is 0 Å². The number of rotatable bonds is 4. The predicted octanol–water partition coefficient (Wildman–Crippen LogP) is 13.4. The van der Waals surface area contributed by atoms with Crippen LogP contribution in [0, 0.1) is 23.7 Å². The Morgan fingerprint density at radius 1 is 0.442 bits per heavy atom. The summed E-state index contributed by atoms with van der Waals surface area (Å²) in [4.78, 5) is 2.68. The fourth-order valence-electron chi connectivity index (χ4n) is 13.3. The Balaban J connectivity index is 1.10. The van der Waals surface area contributed by atoms with E-state index in [1.165, 1.54) is 108 Å². The van der Waals surface area contributed by atoms with Crippen molar-refractivity contribution in [1.29, 1.82) is 0 Å². The molecule has 6 aromatic rings. The van der Waals surface area contributed by atoms with E-state index in [-0.39, 0.29) is 10.8 Å². The van der Waals surface area contributed by atoms with Crippen LogP contribution in [0.2, 0.25) is 0 Å². The highest BCUT2D eigenvalue weighted by Gasteiger charge is 2.62. The molecule has 0 radical (unpaired) electrons. The third-order valence-corrected chi connectivity index (χ3v) is 15.0. The zero-order chi connectivity index (χ0) is 34.0. The average Bonchev–Trinajstić information content (AvgIpc) is 3.88. The summed E-state index contributed by atoms with van der Waals surface area (Å²) < 4.78 is 0. The van der Waals surface area contributed by atoms with Crippen LogP contribution >= 0.6 is 0 Å². The van der Waals surface area contributed by atoms with Crippen LogP contribution in [0.3, 0.4) is 0 Å². The molecule has 0 aromatic heterocycles. The minimum atomic E-state index is 0.0812. The monoisotopic (exact) mass is 671 g/mol. The molecule has 6 aromatic carbocycles. The first kappa shape index (κ1) is 29.7. The van der Waals surface area contributed by atoms with Crippen molar-refractivity contribution in [1.82, 2.24) is 0 Å². The fourth-order valence-corrected chi connectivity index (χ4v) is 13.3. The van der Waals surface area contributed by atoms with Crippen molar-refractivity contribution in [2.45, 2.75) is 68.6 Å². The lowest BCUT2D eigenvalue weighted by Crippen LogP contribution is -2.55. The van der Waals surface area contributed by atoms with E-state index in [0.29, 0.717) is 11.8 Å². The van der Waals surface area contributed by atoms with Crippen LogP contribution in [0.15, 0.2) is 140 Å². The van der Waals surface area contributed by atoms with Gasteiger partial charge >= 0.3 is 0 Å². The molecule has 0 aliphatic heterocycles. The number of hydrogen-bond donors (Lipinski definition) is 0. The Kier molecular flexibility index (Phi) is 6.18. The standard InChI is InChI=1S/C51H45N/c1-2-11-35(12-3-1)36-19-21-39(22-20-36)52(40-23-24-43-41-13-4-6-16-45(41)50(47(43)32-40)25-8-9-26-50)48-18-10-15-44-42-14-5-7-17-46(42)51(49(44)48)37-28-33-27-34(30-37)31-38(51)29-33/h1-7,10-24,32-34,37-38H,8-9,25-31H2. The van der Waals surface area contributed by atoms with E-state index in [1.54, 1.807) is 22.3 Å². The maximum atomic E-state index is 2.68. The second-order valence-corrected chi connectivity index (χ2v) is 17.2. The Bertz CT molecular complexity index is 2350. The molecule has 0 atom stereocenters. The zero-order valence-corrected chi connectivity index (χ0v) is 29.9. The molecule has 0 saturated heterocycles. The van der Waals surface area contributed by atoms with Crippen LogP contribution in [-0.4, -0.2) is 0 Å². The van der Waals surface area contributed by atoms with E-state index in [2.05, 4.69) is 144 Å². The Labute approximate surface area is 308 Å². The average molecular weight is 672 g/mol. The second-order valence-electron chi connectivity index (χ2n) is 17.2. The van der Waals surface area contributed by atoms with Gasteiger partial charge < -0.3 is 4.90 Å². The quantitative estimate of drug-likeness (QED) is 0.180. The van der Waals surface area contributed by atoms with Gasteiger partial charge in [0.1, 0.15) is 0 Å². The molecule has 4 bridgehead atoms. The molecule has 2 spiro atoms. The van der Waals surface area contributed by atoms with E-state index in [0.717, 1.165) is 11.8 Å². The maximum absolute atomic E-state index is 2.68. The van der Waals surface area contributed by atoms with Crippen molar-refractivity contribution in [3.8, 4) is 33.4 Å².